The molecule has 1 amide bonds. The first-order chi connectivity index (χ1) is 9.04. The number of methoxy groups -OCH3 is 1. The van der Waals surface area contributed by atoms with E-state index in [2.05, 4.69) is 11.4 Å². The van der Waals surface area contributed by atoms with E-state index in [1.807, 2.05) is 26.8 Å². The molecule has 0 aromatic heterocycles. The van der Waals surface area contributed by atoms with Crippen LogP contribution in [0.15, 0.2) is 12.1 Å². The maximum Gasteiger partial charge on any atom is 0.257 e. The third-order valence-electron chi connectivity index (χ3n) is 2.97. The molecule has 106 valence electrons. The Kier molecular flexibility index (Phi) is 6.36. The molecule has 1 N–H and O–H groups in total. The monoisotopic (exact) mass is 265 g/mol. The molecule has 0 fully saturated rings. The van der Waals surface area contributed by atoms with E-state index in [0.717, 1.165) is 23.3 Å². The van der Waals surface area contributed by atoms with Crippen molar-refractivity contribution in [1.29, 1.82) is 0 Å². The van der Waals surface area contributed by atoms with Gasteiger partial charge in [0.15, 0.2) is 6.61 Å². The van der Waals surface area contributed by atoms with Crippen LogP contribution in [0, 0.1) is 20.8 Å². The van der Waals surface area contributed by atoms with Crippen LogP contribution in [0.2, 0.25) is 0 Å². The van der Waals surface area contributed by atoms with Crippen molar-refractivity contribution in [3.63, 3.8) is 0 Å². The van der Waals surface area contributed by atoms with E-state index in [9.17, 15) is 4.79 Å². The van der Waals surface area contributed by atoms with Crippen LogP contribution in [-0.4, -0.2) is 32.8 Å². The Balaban J connectivity index is 2.42. The number of ether oxygens (including phenoxy) is 2. The molecule has 19 heavy (non-hydrogen) atoms. The molecule has 0 unspecified atom stereocenters. The van der Waals surface area contributed by atoms with Crippen molar-refractivity contribution >= 4 is 5.91 Å². The zero-order valence-corrected chi connectivity index (χ0v) is 12.2. The van der Waals surface area contributed by atoms with E-state index in [-0.39, 0.29) is 12.5 Å². The number of rotatable bonds is 7. The molecule has 0 aliphatic heterocycles. The van der Waals surface area contributed by atoms with E-state index in [1.165, 1.54) is 5.56 Å². The summed E-state index contributed by atoms with van der Waals surface area (Å²) in [5.41, 5.74) is 3.40. The van der Waals surface area contributed by atoms with E-state index in [4.69, 9.17) is 9.47 Å². The topological polar surface area (TPSA) is 47.6 Å². The van der Waals surface area contributed by atoms with Gasteiger partial charge in [-0.05, 0) is 49.9 Å². The number of carbonyl (C=O) groups is 1. The van der Waals surface area contributed by atoms with Crippen LogP contribution in [-0.2, 0) is 9.53 Å². The van der Waals surface area contributed by atoms with Gasteiger partial charge in [0.2, 0.25) is 0 Å². The van der Waals surface area contributed by atoms with Gasteiger partial charge in [0, 0.05) is 20.3 Å². The Morgan fingerprint density at radius 3 is 2.68 bits per heavy atom. The minimum Gasteiger partial charge on any atom is -0.483 e. The largest absolute Gasteiger partial charge is 0.483 e. The first-order valence-corrected chi connectivity index (χ1v) is 6.51. The lowest BCUT2D eigenvalue weighted by Gasteiger charge is -2.12. The first kappa shape index (κ1) is 15.5. The van der Waals surface area contributed by atoms with Gasteiger partial charge in [0.05, 0.1) is 0 Å². The Morgan fingerprint density at radius 1 is 1.26 bits per heavy atom. The molecule has 0 spiro atoms. The summed E-state index contributed by atoms with van der Waals surface area (Å²) < 4.78 is 10.5. The van der Waals surface area contributed by atoms with Crippen LogP contribution in [0.5, 0.6) is 5.75 Å². The zero-order chi connectivity index (χ0) is 14.3. The second-order valence-corrected chi connectivity index (χ2v) is 4.69. The lowest BCUT2D eigenvalue weighted by atomic mass is 10.1. The van der Waals surface area contributed by atoms with E-state index >= 15 is 0 Å². The molecule has 1 aromatic carbocycles. The Hall–Kier alpha value is -1.55. The fourth-order valence-electron chi connectivity index (χ4n) is 1.79. The molecule has 0 bridgehead atoms. The number of hydrogen-bond donors (Lipinski definition) is 1. The number of amides is 1. The molecule has 0 saturated heterocycles. The summed E-state index contributed by atoms with van der Waals surface area (Å²) in [6.45, 7) is 7.38. The summed E-state index contributed by atoms with van der Waals surface area (Å²) in [6, 6.07) is 4.06. The van der Waals surface area contributed by atoms with Crippen molar-refractivity contribution in [3.05, 3.63) is 28.8 Å². The highest BCUT2D eigenvalue weighted by atomic mass is 16.5. The molecule has 4 heteroatoms. The first-order valence-electron chi connectivity index (χ1n) is 6.51. The normalized spacial score (nSPS) is 10.3. The van der Waals surface area contributed by atoms with Gasteiger partial charge in [0.25, 0.3) is 5.91 Å². The molecular formula is C15H23NO3. The van der Waals surface area contributed by atoms with Crippen molar-refractivity contribution < 1.29 is 14.3 Å². The Labute approximate surface area is 115 Å². The third kappa shape index (κ3) is 5.30. The van der Waals surface area contributed by atoms with E-state index in [1.54, 1.807) is 7.11 Å². The van der Waals surface area contributed by atoms with Crippen molar-refractivity contribution in [2.45, 2.75) is 27.2 Å². The molecule has 0 saturated carbocycles. The molecule has 1 aromatic rings. The lowest BCUT2D eigenvalue weighted by molar-refractivity contribution is -0.123. The second-order valence-electron chi connectivity index (χ2n) is 4.69. The van der Waals surface area contributed by atoms with Gasteiger partial charge in [-0.3, -0.25) is 4.79 Å². The molecule has 0 aliphatic rings. The second kappa shape index (κ2) is 7.79. The molecule has 0 atom stereocenters. The average molecular weight is 265 g/mol. The van der Waals surface area contributed by atoms with Crippen LogP contribution in [0.1, 0.15) is 23.1 Å². The fourth-order valence-corrected chi connectivity index (χ4v) is 1.79. The van der Waals surface area contributed by atoms with Gasteiger partial charge < -0.3 is 14.8 Å². The lowest BCUT2D eigenvalue weighted by Crippen LogP contribution is -2.30. The number of benzene rings is 1. The highest BCUT2D eigenvalue weighted by molar-refractivity contribution is 5.77. The van der Waals surface area contributed by atoms with Crippen LogP contribution >= 0.6 is 0 Å². The van der Waals surface area contributed by atoms with Crippen LogP contribution in [0.4, 0.5) is 0 Å². The summed E-state index contributed by atoms with van der Waals surface area (Å²) in [6.07, 6.45) is 0.810. The number of aryl methyl sites for hydroxylation is 2. The molecule has 0 heterocycles. The molecule has 4 nitrogen and oxygen atoms in total. The summed E-state index contributed by atoms with van der Waals surface area (Å²) >= 11 is 0. The van der Waals surface area contributed by atoms with Gasteiger partial charge in [-0.25, -0.2) is 0 Å². The molecule has 1 rings (SSSR count). The quantitative estimate of drug-likeness (QED) is 0.768. The smallest absolute Gasteiger partial charge is 0.257 e. The standard InChI is InChI=1S/C15H23NO3/c1-11-8-12(2)13(3)14(9-11)19-10-15(17)16-6-5-7-18-4/h8-9H,5-7,10H2,1-4H3,(H,16,17). The number of hydrogen-bond acceptors (Lipinski definition) is 3. The van der Waals surface area contributed by atoms with Crippen molar-refractivity contribution in [2.75, 3.05) is 26.9 Å². The highest BCUT2D eigenvalue weighted by Gasteiger charge is 2.06. The minimum atomic E-state index is -0.102. The predicted molar refractivity (Wildman–Crippen MR) is 75.7 cm³/mol. The van der Waals surface area contributed by atoms with Crippen molar-refractivity contribution in [3.8, 4) is 5.75 Å². The third-order valence-corrected chi connectivity index (χ3v) is 2.97. The molecular weight excluding hydrogens is 242 g/mol. The molecule has 0 radical (unpaired) electrons. The van der Waals surface area contributed by atoms with Crippen LogP contribution in [0.25, 0.3) is 0 Å². The van der Waals surface area contributed by atoms with Crippen LogP contribution < -0.4 is 10.1 Å². The van der Waals surface area contributed by atoms with Crippen LogP contribution in [0.3, 0.4) is 0 Å². The maximum atomic E-state index is 11.6. The fraction of sp³-hybridized carbons (Fsp3) is 0.533. The number of carbonyl (C=O) groups excluding carboxylic acids is 1. The highest BCUT2D eigenvalue weighted by Crippen LogP contribution is 2.23. The van der Waals surface area contributed by atoms with Gasteiger partial charge in [0.1, 0.15) is 5.75 Å². The van der Waals surface area contributed by atoms with Crippen molar-refractivity contribution in [2.24, 2.45) is 0 Å². The zero-order valence-electron chi connectivity index (χ0n) is 12.2. The van der Waals surface area contributed by atoms with Crippen molar-refractivity contribution in [1.82, 2.24) is 5.32 Å². The number of nitrogens with one attached hydrogen (secondary N) is 1. The maximum absolute atomic E-state index is 11.6. The Morgan fingerprint density at radius 2 is 2.00 bits per heavy atom. The summed E-state index contributed by atoms with van der Waals surface area (Å²) in [5, 5.41) is 2.79. The van der Waals surface area contributed by atoms with E-state index in [0.29, 0.717) is 13.2 Å². The SMILES string of the molecule is COCCCNC(=O)COc1cc(C)cc(C)c1C. The Bertz CT molecular complexity index is 430. The summed E-state index contributed by atoms with van der Waals surface area (Å²) in [4.78, 5) is 11.6. The molecule has 0 aliphatic carbocycles. The predicted octanol–water partition coefficient (Wildman–Crippen LogP) is 2.14. The summed E-state index contributed by atoms with van der Waals surface area (Å²) in [5.74, 6) is 0.680. The van der Waals surface area contributed by atoms with E-state index < -0.39 is 0 Å². The summed E-state index contributed by atoms with van der Waals surface area (Å²) in [7, 11) is 1.65. The average Bonchev–Trinajstić information content (AvgIpc) is 2.37. The van der Waals surface area contributed by atoms with Gasteiger partial charge >= 0.3 is 0 Å². The van der Waals surface area contributed by atoms with Gasteiger partial charge in [-0.15, -0.1) is 0 Å². The minimum absolute atomic E-state index is 0.0523. The van der Waals surface area contributed by atoms with Gasteiger partial charge in [-0.1, -0.05) is 6.07 Å². The van der Waals surface area contributed by atoms with Gasteiger partial charge in [-0.2, -0.15) is 0 Å².